The second kappa shape index (κ2) is 9.17. The molecule has 29 heavy (non-hydrogen) atoms. The number of nitrogens with one attached hydrogen (secondary N) is 1. The average molecular weight is 450 g/mol. The largest absolute Gasteiger partial charge is 0.325 e. The fourth-order valence-electron chi connectivity index (χ4n) is 2.87. The summed E-state index contributed by atoms with van der Waals surface area (Å²) in [4.78, 5) is 17.2. The van der Waals surface area contributed by atoms with Crippen molar-refractivity contribution in [2.24, 2.45) is 0 Å². The molecule has 0 aliphatic carbocycles. The molecule has 0 radical (unpaired) electrons. The number of thiazole rings is 1. The minimum atomic E-state index is -3.58. The van der Waals surface area contributed by atoms with Crippen LogP contribution in [-0.4, -0.2) is 36.7 Å². The summed E-state index contributed by atoms with van der Waals surface area (Å²) in [5, 5.41) is 9.61. The van der Waals surface area contributed by atoms with E-state index in [-0.39, 0.29) is 17.2 Å². The number of anilines is 1. The number of hydrogen-bond donors (Lipinski definition) is 1. The topological polar surface area (TPSA) is 79.4 Å². The SMILES string of the molecule is CCN(CC)S(=O)(=O)c1ccc(C)c(NC(=O)Cc2csc(-c3ccsc3)n2)c1. The van der Waals surface area contributed by atoms with E-state index in [2.05, 4.69) is 10.3 Å². The van der Waals surface area contributed by atoms with Crippen molar-refractivity contribution in [2.75, 3.05) is 18.4 Å². The number of amides is 1. The van der Waals surface area contributed by atoms with Gasteiger partial charge >= 0.3 is 0 Å². The summed E-state index contributed by atoms with van der Waals surface area (Å²) < 4.78 is 26.9. The van der Waals surface area contributed by atoms with E-state index >= 15 is 0 Å². The Bertz CT molecular complexity index is 1090. The standard InChI is InChI=1S/C20H23N3O3S3/c1-4-23(5-2)29(25,26)17-7-6-14(3)18(11-17)22-19(24)10-16-13-28-20(21-16)15-8-9-27-12-15/h6-9,11-13H,4-5,10H2,1-3H3,(H,22,24). The molecule has 0 unspecified atom stereocenters. The van der Waals surface area contributed by atoms with E-state index in [4.69, 9.17) is 0 Å². The Morgan fingerprint density at radius 2 is 1.93 bits per heavy atom. The lowest BCUT2D eigenvalue weighted by Crippen LogP contribution is -2.30. The molecule has 3 rings (SSSR count). The molecular weight excluding hydrogens is 426 g/mol. The lowest BCUT2D eigenvalue weighted by atomic mass is 10.2. The normalized spacial score (nSPS) is 11.7. The highest BCUT2D eigenvalue weighted by Gasteiger charge is 2.22. The van der Waals surface area contributed by atoms with Gasteiger partial charge in [-0.2, -0.15) is 15.6 Å². The summed E-state index contributed by atoms with van der Waals surface area (Å²) in [6, 6.07) is 6.81. The lowest BCUT2D eigenvalue weighted by Gasteiger charge is -2.19. The number of nitrogens with zero attached hydrogens (tertiary/aromatic N) is 2. The number of thiophene rings is 1. The van der Waals surface area contributed by atoms with Crippen LogP contribution in [0, 0.1) is 6.92 Å². The smallest absolute Gasteiger partial charge is 0.243 e. The molecule has 0 aliphatic heterocycles. The molecule has 9 heteroatoms. The first-order chi connectivity index (χ1) is 13.8. The van der Waals surface area contributed by atoms with E-state index < -0.39 is 10.0 Å². The van der Waals surface area contributed by atoms with Crippen molar-refractivity contribution < 1.29 is 13.2 Å². The maximum Gasteiger partial charge on any atom is 0.243 e. The number of rotatable bonds is 8. The maximum atomic E-state index is 12.8. The second-order valence-electron chi connectivity index (χ2n) is 6.45. The molecule has 154 valence electrons. The average Bonchev–Trinajstić information content (AvgIpc) is 3.35. The van der Waals surface area contributed by atoms with Gasteiger partial charge in [0, 0.05) is 35.1 Å². The van der Waals surface area contributed by atoms with Gasteiger partial charge in [-0.15, -0.1) is 11.3 Å². The zero-order valence-corrected chi connectivity index (χ0v) is 19.0. The Hall–Kier alpha value is -2.07. The van der Waals surface area contributed by atoms with Gasteiger partial charge in [0.05, 0.1) is 17.0 Å². The molecule has 0 spiro atoms. The van der Waals surface area contributed by atoms with E-state index in [0.717, 1.165) is 16.1 Å². The van der Waals surface area contributed by atoms with Crippen LogP contribution in [0.15, 0.2) is 45.3 Å². The zero-order chi connectivity index (χ0) is 21.0. The van der Waals surface area contributed by atoms with Gasteiger partial charge in [-0.3, -0.25) is 4.79 Å². The molecule has 3 aromatic rings. The van der Waals surface area contributed by atoms with Gasteiger partial charge in [-0.25, -0.2) is 13.4 Å². The first kappa shape index (κ1) is 21.6. The van der Waals surface area contributed by atoms with Crippen LogP contribution in [0.2, 0.25) is 0 Å². The molecule has 1 aromatic carbocycles. The maximum absolute atomic E-state index is 12.8. The summed E-state index contributed by atoms with van der Waals surface area (Å²) >= 11 is 3.11. The third-order valence-electron chi connectivity index (χ3n) is 4.49. The minimum absolute atomic E-state index is 0.132. The Kier molecular flexibility index (Phi) is 6.84. The number of carbonyl (C=O) groups is 1. The number of carbonyl (C=O) groups excluding carboxylic acids is 1. The molecule has 0 fully saturated rings. The summed E-state index contributed by atoms with van der Waals surface area (Å²) in [5.74, 6) is -0.229. The first-order valence-electron chi connectivity index (χ1n) is 9.22. The van der Waals surface area contributed by atoms with Gasteiger partial charge < -0.3 is 5.32 Å². The molecular formula is C20H23N3O3S3. The Morgan fingerprint density at radius 3 is 2.59 bits per heavy atom. The van der Waals surface area contributed by atoms with Crippen LogP contribution < -0.4 is 5.32 Å². The molecule has 0 atom stereocenters. The number of benzene rings is 1. The summed E-state index contributed by atoms with van der Waals surface area (Å²) in [5.41, 5.74) is 3.04. The van der Waals surface area contributed by atoms with E-state index in [1.165, 1.54) is 21.7 Å². The Labute approximate surface area is 179 Å². The molecule has 1 amide bonds. The molecule has 0 saturated heterocycles. The highest BCUT2D eigenvalue weighted by atomic mass is 32.2. The van der Waals surface area contributed by atoms with Gasteiger partial charge in [0.2, 0.25) is 15.9 Å². The number of hydrogen-bond acceptors (Lipinski definition) is 6. The van der Waals surface area contributed by atoms with Crippen molar-refractivity contribution in [3.63, 3.8) is 0 Å². The van der Waals surface area contributed by atoms with Gasteiger partial charge in [-0.1, -0.05) is 19.9 Å². The third-order valence-corrected chi connectivity index (χ3v) is 8.16. The second-order valence-corrected chi connectivity index (χ2v) is 10.0. The Balaban J connectivity index is 1.75. The van der Waals surface area contributed by atoms with Crippen molar-refractivity contribution >= 4 is 44.3 Å². The monoisotopic (exact) mass is 449 g/mol. The molecule has 2 aromatic heterocycles. The van der Waals surface area contributed by atoms with Crippen LogP contribution in [0.4, 0.5) is 5.69 Å². The quantitative estimate of drug-likeness (QED) is 0.553. The van der Waals surface area contributed by atoms with Crippen LogP contribution in [0.1, 0.15) is 25.1 Å². The molecule has 2 heterocycles. The predicted molar refractivity (Wildman–Crippen MR) is 119 cm³/mol. The number of aryl methyl sites for hydroxylation is 1. The van der Waals surface area contributed by atoms with Crippen LogP contribution in [0.3, 0.4) is 0 Å². The van der Waals surface area contributed by atoms with Gasteiger partial charge in [0.15, 0.2) is 0 Å². The van der Waals surface area contributed by atoms with E-state index in [0.29, 0.717) is 24.5 Å². The highest BCUT2D eigenvalue weighted by Crippen LogP contribution is 2.26. The van der Waals surface area contributed by atoms with Crippen molar-refractivity contribution in [2.45, 2.75) is 32.1 Å². The predicted octanol–water partition coefficient (Wildman–Crippen LogP) is 4.39. The van der Waals surface area contributed by atoms with Crippen LogP contribution >= 0.6 is 22.7 Å². The van der Waals surface area contributed by atoms with Crippen molar-refractivity contribution in [3.05, 3.63) is 51.7 Å². The van der Waals surface area contributed by atoms with E-state index in [1.54, 1.807) is 37.3 Å². The number of aromatic nitrogens is 1. The van der Waals surface area contributed by atoms with E-state index in [1.807, 2.05) is 29.1 Å². The molecule has 1 N–H and O–H groups in total. The number of sulfonamides is 1. The molecule has 6 nitrogen and oxygen atoms in total. The first-order valence-corrected chi connectivity index (χ1v) is 12.5. The molecule has 0 bridgehead atoms. The summed E-state index contributed by atoms with van der Waals surface area (Å²) in [6.07, 6.45) is 0.132. The lowest BCUT2D eigenvalue weighted by molar-refractivity contribution is -0.115. The van der Waals surface area contributed by atoms with Crippen molar-refractivity contribution in [1.29, 1.82) is 0 Å². The van der Waals surface area contributed by atoms with Gasteiger partial charge in [0.25, 0.3) is 0 Å². The van der Waals surface area contributed by atoms with Gasteiger partial charge in [0.1, 0.15) is 5.01 Å². The van der Waals surface area contributed by atoms with Crippen molar-refractivity contribution in [3.8, 4) is 10.6 Å². The fraction of sp³-hybridized carbons (Fsp3) is 0.300. The van der Waals surface area contributed by atoms with Crippen LogP contribution in [-0.2, 0) is 21.2 Å². The highest BCUT2D eigenvalue weighted by molar-refractivity contribution is 7.89. The summed E-state index contributed by atoms with van der Waals surface area (Å²) in [6.45, 7) is 6.22. The van der Waals surface area contributed by atoms with Crippen LogP contribution in [0.5, 0.6) is 0 Å². The van der Waals surface area contributed by atoms with Crippen LogP contribution in [0.25, 0.3) is 10.6 Å². The zero-order valence-electron chi connectivity index (χ0n) is 16.5. The molecule has 0 aliphatic rings. The fourth-order valence-corrected chi connectivity index (χ4v) is 5.89. The van der Waals surface area contributed by atoms with Gasteiger partial charge in [-0.05, 0) is 36.1 Å². The molecule has 0 saturated carbocycles. The Morgan fingerprint density at radius 1 is 1.17 bits per heavy atom. The summed E-state index contributed by atoms with van der Waals surface area (Å²) in [7, 11) is -3.58. The third kappa shape index (κ3) is 4.92. The minimum Gasteiger partial charge on any atom is -0.325 e. The van der Waals surface area contributed by atoms with E-state index in [9.17, 15) is 13.2 Å². The van der Waals surface area contributed by atoms with Crippen molar-refractivity contribution in [1.82, 2.24) is 9.29 Å².